The topological polar surface area (TPSA) is 27.3 Å². The van der Waals surface area contributed by atoms with Crippen molar-refractivity contribution in [1.29, 1.82) is 0 Å². The van der Waals surface area contributed by atoms with Gasteiger partial charge in [0, 0.05) is 37.6 Å². The van der Waals surface area contributed by atoms with Crippen LogP contribution in [0.15, 0.2) is 60.7 Å². The van der Waals surface area contributed by atoms with Crippen LogP contribution in [0.1, 0.15) is 66.8 Å². The molecule has 0 bridgehead atoms. The van der Waals surface area contributed by atoms with Crippen LogP contribution in [-0.2, 0) is 0 Å². The van der Waals surface area contributed by atoms with Gasteiger partial charge in [0.05, 0.1) is 6.04 Å². The molecule has 0 aliphatic rings. The molecule has 0 spiro atoms. The van der Waals surface area contributed by atoms with Gasteiger partial charge in [0.2, 0.25) is 0 Å². The number of rotatable bonds is 11. The van der Waals surface area contributed by atoms with Crippen molar-refractivity contribution in [2.75, 3.05) is 36.8 Å². The molecule has 3 nitrogen and oxygen atoms in total. The van der Waals surface area contributed by atoms with Crippen molar-refractivity contribution in [1.82, 2.24) is 4.90 Å². The van der Waals surface area contributed by atoms with Crippen LogP contribution in [0.25, 0.3) is 0 Å². The van der Waals surface area contributed by atoms with Gasteiger partial charge in [-0.3, -0.25) is 4.90 Å². The third-order valence-corrected chi connectivity index (χ3v) is 9.78. The van der Waals surface area contributed by atoms with Crippen LogP contribution >= 0.6 is 0 Å². The second-order valence-electron chi connectivity index (χ2n) is 11.9. The minimum absolute atomic E-state index is 0.855. The molecular weight excluding hydrogens is 510 g/mol. The fourth-order valence-corrected chi connectivity index (χ4v) is 6.22. The molecule has 0 saturated heterocycles. The predicted octanol–water partition coefficient (Wildman–Crippen LogP) is 9.23. The van der Waals surface area contributed by atoms with E-state index in [9.17, 15) is 0 Å². The SMILES string of the molecule is Cc1c(C)c(C)c(NCCN(CCNc2c(C)c(C)c(C)c(C)c2C)[C](c2ccccc2)c2ccccc2)c(C)c1C. The summed E-state index contributed by atoms with van der Waals surface area (Å²) in [6, 6.07) is 23.0. The zero-order valence-corrected chi connectivity index (χ0v) is 27.5. The molecule has 0 unspecified atom stereocenters. The molecule has 0 saturated carbocycles. The lowest BCUT2D eigenvalue weighted by Crippen LogP contribution is -2.38. The molecule has 0 aliphatic heterocycles. The van der Waals surface area contributed by atoms with Crippen molar-refractivity contribution < 1.29 is 0 Å². The molecule has 0 aromatic heterocycles. The van der Waals surface area contributed by atoms with E-state index >= 15 is 0 Å². The van der Waals surface area contributed by atoms with E-state index in [2.05, 4.69) is 145 Å². The summed E-state index contributed by atoms with van der Waals surface area (Å²) in [4.78, 5) is 2.56. The lowest BCUT2D eigenvalue weighted by Gasteiger charge is -2.33. The van der Waals surface area contributed by atoms with Crippen LogP contribution in [0.3, 0.4) is 0 Å². The maximum Gasteiger partial charge on any atom is 0.0989 e. The summed E-state index contributed by atoms with van der Waals surface area (Å²) in [6.07, 6.45) is 0. The molecular formula is C39H50N3. The van der Waals surface area contributed by atoms with Crippen molar-refractivity contribution >= 4 is 11.4 Å². The second kappa shape index (κ2) is 13.6. The number of hydrogen-bond acceptors (Lipinski definition) is 3. The van der Waals surface area contributed by atoms with Crippen LogP contribution in [0.4, 0.5) is 11.4 Å². The highest BCUT2D eigenvalue weighted by molar-refractivity contribution is 5.65. The van der Waals surface area contributed by atoms with E-state index in [1.54, 1.807) is 0 Å². The number of nitrogens with one attached hydrogen (secondary N) is 2. The molecule has 4 aromatic rings. The van der Waals surface area contributed by atoms with E-state index in [4.69, 9.17) is 0 Å². The van der Waals surface area contributed by atoms with Crippen LogP contribution < -0.4 is 10.6 Å². The van der Waals surface area contributed by atoms with E-state index < -0.39 is 0 Å². The Balaban J connectivity index is 1.64. The van der Waals surface area contributed by atoms with Gasteiger partial charge in [-0.05, 0) is 136 Å². The summed E-state index contributed by atoms with van der Waals surface area (Å²) < 4.78 is 0. The zero-order valence-electron chi connectivity index (χ0n) is 27.5. The van der Waals surface area contributed by atoms with Crippen molar-refractivity contribution in [2.24, 2.45) is 0 Å². The second-order valence-corrected chi connectivity index (χ2v) is 11.9. The monoisotopic (exact) mass is 560 g/mol. The van der Waals surface area contributed by atoms with Crippen LogP contribution in [0.2, 0.25) is 0 Å². The summed E-state index contributed by atoms with van der Waals surface area (Å²) in [5, 5.41) is 7.70. The third kappa shape index (κ3) is 6.42. The number of anilines is 2. The first-order chi connectivity index (χ1) is 20.0. The van der Waals surface area contributed by atoms with Gasteiger partial charge in [-0.25, -0.2) is 0 Å². The van der Waals surface area contributed by atoms with Crippen molar-refractivity contribution in [3.05, 3.63) is 133 Å². The van der Waals surface area contributed by atoms with Crippen LogP contribution in [-0.4, -0.2) is 31.1 Å². The number of benzene rings is 4. The molecule has 0 heterocycles. The molecule has 1 radical (unpaired) electrons. The van der Waals surface area contributed by atoms with Crippen LogP contribution in [0.5, 0.6) is 0 Å². The zero-order chi connectivity index (χ0) is 30.6. The average Bonchev–Trinajstić information content (AvgIpc) is 3.01. The molecule has 0 aliphatic carbocycles. The Kier molecular flexibility index (Phi) is 10.2. The van der Waals surface area contributed by atoms with E-state index in [1.807, 2.05) is 0 Å². The first-order valence-corrected chi connectivity index (χ1v) is 15.4. The lowest BCUT2D eigenvalue weighted by atomic mass is 9.93. The first-order valence-electron chi connectivity index (χ1n) is 15.4. The summed E-state index contributed by atoms with van der Waals surface area (Å²) in [5.41, 5.74) is 18.8. The van der Waals surface area contributed by atoms with Gasteiger partial charge in [-0.1, -0.05) is 60.7 Å². The molecule has 2 N–H and O–H groups in total. The van der Waals surface area contributed by atoms with Gasteiger partial charge in [-0.15, -0.1) is 0 Å². The molecule has 4 rings (SSSR count). The largest absolute Gasteiger partial charge is 0.383 e. The van der Waals surface area contributed by atoms with E-state index in [0.29, 0.717) is 0 Å². The Morgan fingerprint density at radius 2 is 0.714 bits per heavy atom. The molecule has 221 valence electrons. The van der Waals surface area contributed by atoms with Crippen LogP contribution in [0, 0.1) is 75.3 Å². The molecule has 0 atom stereocenters. The number of nitrogens with zero attached hydrogens (tertiary/aromatic N) is 1. The smallest absolute Gasteiger partial charge is 0.0989 e. The Morgan fingerprint density at radius 3 is 1.02 bits per heavy atom. The molecule has 0 fully saturated rings. The average molecular weight is 561 g/mol. The third-order valence-electron chi connectivity index (χ3n) is 9.78. The van der Waals surface area contributed by atoms with Crippen molar-refractivity contribution in [3.8, 4) is 0 Å². The molecule has 3 heteroatoms. The number of hydrogen-bond donors (Lipinski definition) is 2. The maximum atomic E-state index is 3.85. The maximum absolute atomic E-state index is 3.85. The van der Waals surface area contributed by atoms with Gasteiger partial charge < -0.3 is 10.6 Å². The summed E-state index contributed by atoms with van der Waals surface area (Å²) >= 11 is 0. The summed E-state index contributed by atoms with van der Waals surface area (Å²) in [7, 11) is 0. The van der Waals surface area contributed by atoms with Gasteiger partial charge in [0.15, 0.2) is 0 Å². The fourth-order valence-electron chi connectivity index (χ4n) is 6.22. The summed E-state index contributed by atoms with van der Waals surface area (Å²) in [5.74, 6) is 0. The van der Waals surface area contributed by atoms with Gasteiger partial charge in [0.25, 0.3) is 0 Å². The van der Waals surface area contributed by atoms with E-state index in [-0.39, 0.29) is 0 Å². The normalized spacial score (nSPS) is 11.4. The highest BCUT2D eigenvalue weighted by Gasteiger charge is 2.24. The minimum atomic E-state index is 0.855. The van der Waals surface area contributed by atoms with Gasteiger partial charge >= 0.3 is 0 Å². The fraction of sp³-hybridized carbons (Fsp3) is 0.359. The molecule has 0 amide bonds. The van der Waals surface area contributed by atoms with Crippen molar-refractivity contribution in [2.45, 2.75) is 69.2 Å². The lowest BCUT2D eigenvalue weighted by molar-refractivity contribution is 0.335. The Hall–Kier alpha value is -3.56. The Morgan fingerprint density at radius 1 is 0.429 bits per heavy atom. The standard InChI is InChI=1S/C39H50N3/c1-25-27(3)31(7)37(32(8)28(25)4)40-21-23-42(24-22-41-38-33(9)29(5)26(2)30(6)34(38)10)39(35-17-13-11-14-18-35)36-19-15-12-16-20-36/h11-20,40-41H,21-24H2,1-10H3. The Labute approximate surface area is 255 Å². The van der Waals surface area contributed by atoms with Crippen molar-refractivity contribution in [3.63, 3.8) is 0 Å². The first kappa shape index (κ1) is 31.4. The van der Waals surface area contributed by atoms with E-state index in [1.165, 1.54) is 84.2 Å². The minimum Gasteiger partial charge on any atom is -0.383 e. The highest BCUT2D eigenvalue weighted by Crippen LogP contribution is 2.32. The highest BCUT2D eigenvalue weighted by atomic mass is 15.2. The van der Waals surface area contributed by atoms with E-state index in [0.717, 1.165) is 26.2 Å². The quantitative estimate of drug-likeness (QED) is 0.191. The van der Waals surface area contributed by atoms with Gasteiger partial charge in [0.1, 0.15) is 0 Å². The summed E-state index contributed by atoms with van der Waals surface area (Å²) in [6.45, 7) is 25.9. The predicted molar refractivity (Wildman–Crippen MR) is 183 cm³/mol. The van der Waals surface area contributed by atoms with Gasteiger partial charge in [-0.2, -0.15) is 0 Å². The molecule has 42 heavy (non-hydrogen) atoms. The molecule has 4 aromatic carbocycles. The Bertz CT molecular complexity index is 1350.